The molecule has 2 rings (SSSR count). The van der Waals surface area contributed by atoms with Gasteiger partial charge in [0.1, 0.15) is 6.10 Å². The van der Waals surface area contributed by atoms with E-state index in [0.717, 1.165) is 26.1 Å². The van der Waals surface area contributed by atoms with E-state index in [1.54, 1.807) is 0 Å². The van der Waals surface area contributed by atoms with E-state index in [9.17, 15) is 4.79 Å². The molecule has 2 aliphatic rings. The standard InChI is InChI=1S/C14H26N2O2/c1-3-5-14(2)6-4-8-16(11-14)13(17)12-10-15-7-9-18-12/h12,15H,3-11H2,1-2H3. The zero-order valence-electron chi connectivity index (χ0n) is 11.7. The van der Waals surface area contributed by atoms with Gasteiger partial charge in [0, 0.05) is 26.2 Å². The molecule has 18 heavy (non-hydrogen) atoms. The summed E-state index contributed by atoms with van der Waals surface area (Å²) in [6, 6.07) is 0. The SMILES string of the molecule is CCCC1(C)CCCN(C(=O)C2CNCCO2)C1. The number of likely N-dealkylation sites (tertiary alicyclic amines) is 1. The van der Waals surface area contributed by atoms with Gasteiger partial charge in [-0.2, -0.15) is 0 Å². The van der Waals surface area contributed by atoms with Crippen molar-refractivity contribution in [2.45, 2.75) is 45.6 Å². The first-order valence-electron chi connectivity index (χ1n) is 7.26. The van der Waals surface area contributed by atoms with Crippen LogP contribution in [0.25, 0.3) is 0 Å². The molecule has 0 aromatic heterocycles. The van der Waals surface area contributed by atoms with E-state index < -0.39 is 0 Å². The number of ether oxygens (including phenoxy) is 1. The summed E-state index contributed by atoms with van der Waals surface area (Å²) in [5, 5.41) is 3.23. The summed E-state index contributed by atoms with van der Waals surface area (Å²) in [6.07, 6.45) is 4.51. The molecule has 0 spiro atoms. The van der Waals surface area contributed by atoms with Crippen molar-refractivity contribution in [3.05, 3.63) is 0 Å². The van der Waals surface area contributed by atoms with Gasteiger partial charge < -0.3 is 15.0 Å². The van der Waals surface area contributed by atoms with Crippen LogP contribution in [0.15, 0.2) is 0 Å². The van der Waals surface area contributed by atoms with Crippen molar-refractivity contribution < 1.29 is 9.53 Å². The first-order valence-corrected chi connectivity index (χ1v) is 7.26. The average molecular weight is 254 g/mol. The van der Waals surface area contributed by atoms with E-state index in [1.807, 2.05) is 4.90 Å². The smallest absolute Gasteiger partial charge is 0.253 e. The summed E-state index contributed by atoms with van der Waals surface area (Å²) in [6.45, 7) is 8.52. The van der Waals surface area contributed by atoms with Crippen LogP contribution in [0.1, 0.15) is 39.5 Å². The molecule has 0 aliphatic carbocycles. The third-order valence-corrected chi connectivity index (χ3v) is 4.15. The van der Waals surface area contributed by atoms with Crippen LogP contribution < -0.4 is 5.32 Å². The maximum atomic E-state index is 12.4. The number of carbonyl (C=O) groups is 1. The highest BCUT2D eigenvalue weighted by molar-refractivity contribution is 5.81. The number of hydrogen-bond acceptors (Lipinski definition) is 3. The van der Waals surface area contributed by atoms with Crippen molar-refractivity contribution in [1.82, 2.24) is 10.2 Å². The second kappa shape index (κ2) is 6.02. The molecule has 2 fully saturated rings. The van der Waals surface area contributed by atoms with E-state index >= 15 is 0 Å². The lowest BCUT2D eigenvalue weighted by atomic mass is 9.78. The number of amides is 1. The third-order valence-electron chi connectivity index (χ3n) is 4.15. The Balaban J connectivity index is 1.93. The van der Waals surface area contributed by atoms with Crippen LogP contribution in [-0.4, -0.2) is 49.7 Å². The Morgan fingerprint density at radius 1 is 1.56 bits per heavy atom. The number of hydrogen-bond donors (Lipinski definition) is 1. The van der Waals surface area contributed by atoms with Crippen molar-refractivity contribution in [2.75, 3.05) is 32.8 Å². The minimum Gasteiger partial charge on any atom is -0.366 e. The van der Waals surface area contributed by atoms with Crippen LogP contribution in [0.5, 0.6) is 0 Å². The van der Waals surface area contributed by atoms with Gasteiger partial charge in [0.05, 0.1) is 6.61 Å². The quantitative estimate of drug-likeness (QED) is 0.828. The Kier molecular flexibility index (Phi) is 4.62. The molecule has 0 aromatic rings. The van der Waals surface area contributed by atoms with E-state index in [-0.39, 0.29) is 12.0 Å². The molecule has 0 aromatic carbocycles. The predicted octanol–water partition coefficient (Wildman–Crippen LogP) is 1.40. The van der Waals surface area contributed by atoms with Gasteiger partial charge in [-0.15, -0.1) is 0 Å². The highest BCUT2D eigenvalue weighted by Crippen LogP contribution is 2.34. The molecule has 4 nitrogen and oxygen atoms in total. The summed E-state index contributed by atoms with van der Waals surface area (Å²) in [4.78, 5) is 14.4. The maximum absolute atomic E-state index is 12.4. The van der Waals surface area contributed by atoms with Gasteiger partial charge in [-0.05, 0) is 24.7 Å². The van der Waals surface area contributed by atoms with Gasteiger partial charge in [-0.3, -0.25) is 4.79 Å². The molecule has 2 heterocycles. The number of carbonyl (C=O) groups excluding carboxylic acids is 1. The highest BCUT2D eigenvalue weighted by atomic mass is 16.5. The minimum atomic E-state index is -0.261. The summed E-state index contributed by atoms with van der Waals surface area (Å²) < 4.78 is 5.57. The van der Waals surface area contributed by atoms with Crippen molar-refractivity contribution >= 4 is 5.91 Å². The highest BCUT2D eigenvalue weighted by Gasteiger charge is 2.35. The van der Waals surface area contributed by atoms with E-state index in [2.05, 4.69) is 19.2 Å². The fourth-order valence-corrected chi connectivity index (χ4v) is 3.24. The summed E-state index contributed by atoms with van der Waals surface area (Å²) >= 11 is 0. The molecule has 2 aliphatic heterocycles. The molecule has 0 bridgehead atoms. The second-order valence-electron chi connectivity index (χ2n) is 5.99. The predicted molar refractivity (Wildman–Crippen MR) is 71.4 cm³/mol. The van der Waals surface area contributed by atoms with Crippen molar-refractivity contribution in [3.63, 3.8) is 0 Å². The second-order valence-corrected chi connectivity index (χ2v) is 5.99. The number of piperidine rings is 1. The van der Waals surface area contributed by atoms with Gasteiger partial charge in [0.25, 0.3) is 5.91 Å². The zero-order valence-corrected chi connectivity index (χ0v) is 11.7. The lowest BCUT2D eigenvalue weighted by Gasteiger charge is -2.42. The molecule has 1 amide bonds. The molecule has 2 atom stereocenters. The summed E-state index contributed by atoms with van der Waals surface area (Å²) in [5.41, 5.74) is 0.310. The molecule has 2 unspecified atom stereocenters. The zero-order chi connectivity index (χ0) is 13.0. The van der Waals surface area contributed by atoms with Gasteiger partial charge >= 0.3 is 0 Å². The first kappa shape index (κ1) is 13.8. The van der Waals surface area contributed by atoms with Crippen LogP contribution in [0.4, 0.5) is 0 Å². The fraction of sp³-hybridized carbons (Fsp3) is 0.929. The monoisotopic (exact) mass is 254 g/mol. The van der Waals surface area contributed by atoms with Crippen LogP contribution in [0, 0.1) is 5.41 Å². The van der Waals surface area contributed by atoms with Crippen LogP contribution in [-0.2, 0) is 9.53 Å². The van der Waals surface area contributed by atoms with Gasteiger partial charge in [0.15, 0.2) is 0 Å². The Hall–Kier alpha value is -0.610. The number of nitrogens with one attached hydrogen (secondary N) is 1. The molecule has 0 radical (unpaired) electrons. The van der Waals surface area contributed by atoms with Gasteiger partial charge in [0.2, 0.25) is 0 Å². The Morgan fingerprint density at radius 3 is 3.06 bits per heavy atom. The number of morpholine rings is 1. The average Bonchev–Trinajstić information content (AvgIpc) is 2.39. The van der Waals surface area contributed by atoms with Crippen molar-refractivity contribution in [1.29, 1.82) is 0 Å². The number of rotatable bonds is 3. The van der Waals surface area contributed by atoms with E-state index in [0.29, 0.717) is 18.6 Å². The van der Waals surface area contributed by atoms with Gasteiger partial charge in [-0.1, -0.05) is 20.3 Å². The molecule has 2 saturated heterocycles. The Labute approximate surface area is 110 Å². The van der Waals surface area contributed by atoms with Crippen molar-refractivity contribution in [3.8, 4) is 0 Å². The maximum Gasteiger partial charge on any atom is 0.253 e. The van der Waals surface area contributed by atoms with Crippen molar-refractivity contribution in [2.24, 2.45) is 5.41 Å². The summed E-state index contributed by atoms with van der Waals surface area (Å²) in [5.74, 6) is 0.184. The number of nitrogens with zero attached hydrogens (tertiary/aromatic N) is 1. The van der Waals surface area contributed by atoms with E-state index in [1.165, 1.54) is 19.3 Å². The van der Waals surface area contributed by atoms with Crippen LogP contribution >= 0.6 is 0 Å². The normalized spacial score (nSPS) is 33.4. The molecule has 1 N–H and O–H groups in total. The molecular weight excluding hydrogens is 228 g/mol. The van der Waals surface area contributed by atoms with Crippen LogP contribution in [0.3, 0.4) is 0 Å². The lowest BCUT2D eigenvalue weighted by Crippen LogP contribution is -2.53. The Morgan fingerprint density at radius 2 is 2.39 bits per heavy atom. The molecule has 0 saturated carbocycles. The molecule has 4 heteroatoms. The van der Waals surface area contributed by atoms with E-state index in [4.69, 9.17) is 4.74 Å². The van der Waals surface area contributed by atoms with Crippen LogP contribution in [0.2, 0.25) is 0 Å². The largest absolute Gasteiger partial charge is 0.366 e. The fourth-order valence-electron chi connectivity index (χ4n) is 3.24. The Bertz CT molecular complexity index is 286. The third kappa shape index (κ3) is 3.23. The lowest BCUT2D eigenvalue weighted by molar-refractivity contribution is -0.148. The van der Waals surface area contributed by atoms with Gasteiger partial charge in [-0.25, -0.2) is 0 Å². The molecule has 104 valence electrons. The summed E-state index contributed by atoms with van der Waals surface area (Å²) in [7, 11) is 0. The molecular formula is C14H26N2O2. The topological polar surface area (TPSA) is 41.6 Å². The minimum absolute atomic E-state index is 0.184. The first-order chi connectivity index (χ1) is 8.64.